The summed E-state index contributed by atoms with van der Waals surface area (Å²) in [7, 11) is 0. The second-order valence-electron chi connectivity index (χ2n) is 6.42. The lowest BCUT2D eigenvalue weighted by atomic mass is 9.83. The molecule has 1 fully saturated rings. The lowest BCUT2D eigenvalue weighted by Gasteiger charge is -2.26. The van der Waals surface area contributed by atoms with Crippen molar-refractivity contribution >= 4 is 5.69 Å². The highest BCUT2D eigenvalue weighted by Crippen LogP contribution is 2.28. The van der Waals surface area contributed by atoms with Gasteiger partial charge in [0, 0.05) is 12.7 Å². The van der Waals surface area contributed by atoms with E-state index in [1.54, 1.807) is 0 Å². The highest BCUT2D eigenvalue weighted by molar-refractivity contribution is 5.38. The molecule has 3 heteroatoms. The molecule has 0 amide bonds. The molecule has 1 heterocycles. The minimum absolute atomic E-state index is 0.832. The Morgan fingerprint density at radius 2 is 1.90 bits per heavy atom. The van der Waals surface area contributed by atoms with E-state index in [4.69, 9.17) is 0 Å². The maximum Gasteiger partial charge on any atom is 0.0726 e. The van der Waals surface area contributed by atoms with Gasteiger partial charge in [0.15, 0.2) is 0 Å². The lowest BCUT2D eigenvalue weighted by Crippen LogP contribution is -2.19. The van der Waals surface area contributed by atoms with Gasteiger partial charge in [0.2, 0.25) is 0 Å². The first kappa shape index (κ1) is 14.2. The number of nitrogens with zero attached hydrogens (tertiary/aromatic N) is 2. The third-order valence-electron chi connectivity index (χ3n) is 4.55. The molecule has 1 saturated carbocycles. The number of rotatable bonds is 5. The summed E-state index contributed by atoms with van der Waals surface area (Å²) >= 11 is 0. The van der Waals surface area contributed by atoms with Crippen LogP contribution in [0.15, 0.2) is 42.7 Å². The maximum absolute atomic E-state index is 4.44. The first-order chi connectivity index (χ1) is 10.3. The SMILES string of the molecule is CC1CCC(CNc2cnn(Cc3ccccc3)c2)CC1. The summed E-state index contributed by atoms with van der Waals surface area (Å²) in [5.41, 5.74) is 2.43. The number of nitrogens with one attached hydrogen (secondary N) is 1. The third-order valence-corrected chi connectivity index (χ3v) is 4.55. The molecule has 1 aliphatic rings. The van der Waals surface area contributed by atoms with Crippen LogP contribution in [-0.2, 0) is 6.54 Å². The van der Waals surface area contributed by atoms with Crippen LogP contribution < -0.4 is 5.32 Å². The Labute approximate surface area is 127 Å². The summed E-state index contributed by atoms with van der Waals surface area (Å²) in [6.45, 7) is 4.30. The van der Waals surface area contributed by atoms with E-state index in [2.05, 4.69) is 47.8 Å². The molecule has 0 bridgehead atoms. The Morgan fingerprint density at radius 1 is 1.14 bits per heavy atom. The van der Waals surface area contributed by atoms with E-state index in [1.807, 2.05) is 16.9 Å². The van der Waals surface area contributed by atoms with E-state index in [0.717, 1.165) is 30.6 Å². The number of hydrogen-bond donors (Lipinski definition) is 1. The molecule has 1 N–H and O–H groups in total. The van der Waals surface area contributed by atoms with Crippen molar-refractivity contribution < 1.29 is 0 Å². The zero-order valence-corrected chi connectivity index (χ0v) is 12.8. The van der Waals surface area contributed by atoms with Crippen LogP contribution >= 0.6 is 0 Å². The van der Waals surface area contributed by atoms with E-state index < -0.39 is 0 Å². The largest absolute Gasteiger partial charge is 0.382 e. The highest BCUT2D eigenvalue weighted by Gasteiger charge is 2.17. The van der Waals surface area contributed by atoms with Crippen LogP contribution in [0.2, 0.25) is 0 Å². The monoisotopic (exact) mass is 283 g/mol. The molecule has 0 spiro atoms. The summed E-state index contributed by atoms with van der Waals surface area (Å²) < 4.78 is 2.00. The van der Waals surface area contributed by atoms with Crippen LogP contribution in [0.3, 0.4) is 0 Å². The molecular formula is C18H25N3. The molecule has 0 saturated heterocycles. The van der Waals surface area contributed by atoms with Gasteiger partial charge in [-0.15, -0.1) is 0 Å². The van der Waals surface area contributed by atoms with Crippen molar-refractivity contribution in [1.82, 2.24) is 9.78 Å². The standard InChI is InChI=1S/C18H25N3/c1-15-7-9-16(10-8-15)11-19-18-12-20-21(14-18)13-17-5-3-2-4-6-17/h2-6,12,14-16,19H,7-11,13H2,1H3. The fourth-order valence-corrected chi connectivity index (χ4v) is 3.11. The van der Waals surface area contributed by atoms with E-state index in [1.165, 1.54) is 31.2 Å². The van der Waals surface area contributed by atoms with Gasteiger partial charge in [-0.05, 0) is 30.2 Å². The van der Waals surface area contributed by atoms with Gasteiger partial charge in [0.05, 0.1) is 18.4 Å². The van der Waals surface area contributed by atoms with Gasteiger partial charge in [-0.2, -0.15) is 5.10 Å². The number of anilines is 1. The summed E-state index contributed by atoms with van der Waals surface area (Å²) in [6, 6.07) is 10.5. The normalized spacial score (nSPS) is 22.1. The fraction of sp³-hybridized carbons (Fsp3) is 0.500. The molecule has 0 aliphatic heterocycles. The van der Waals surface area contributed by atoms with Crippen LogP contribution in [0, 0.1) is 11.8 Å². The topological polar surface area (TPSA) is 29.9 Å². The molecule has 3 rings (SSSR count). The van der Waals surface area contributed by atoms with E-state index in [0.29, 0.717) is 0 Å². The first-order valence-electron chi connectivity index (χ1n) is 8.10. The van der Waals surface area contributed by atoms with Crippen molar-refractivity contribution in [2.75, 3.05) is 11.9 Å². The van der Waals surface area contributed by atoms with Crippen LogP contribution in [-0.4, -0.2) is 16.3 Å². The molecule has 1 aromatic carbocycles. The number of hydrogen-bond acceptors (Lipinski definition) is 2. The minimum Gasteiger partial charge on any atom is -0.382 e. The number of aromatic nitrogens is 2. The Bertz CT molecular complexity index is 539. The molecule has 0 radical (unpaired) electrons. The molecule has 2 aromatic rings. The molecule has 1 aromatic heterocycles. The van der Waals surface area contributed by atoms with Crippen LogP contribution in [0.4, 0.5) is 5.69 Å². The quantitative estimate of drug-likeness (QED) is 0.892. The second kappa shape index (κ2) is 6.79. The number of benzene rings is 1. The molecule has 0 atom stereocenters. The van der Waals surface area contributed by atoms with Crippen molar-refractivity contribution in [2.45, 2.75) is 39.2 Å². The van der Waals surface area contributed by atoms with E-state index in [-0.39, 0.29) is 0 Å². The van der Waals surface area contributed by atoms with Crippen molar-refractivity contribution in [2.24, 2.45) is 11.8 Å². The van der Waals surface area contributed by atoms with Crippen LogP contribution in [0.5, 0.6) is 0 Å². The molecular weight excluding hydrogens is 258 g/mol. The Morgan fingerprint density at radius 3 is 2.67 bits per heavy atom. The average molecular weight is 283 g/mol. The van der Waals surface area contributed by atoms with Crippen LogP contribution in [0.1, 0.15) is 38.2 Å². The molecule has 21 heavy (non-hydrogen) atoms. The predicted molar refractivity (Wildman–Crippen MR) is 87.4 cm³/mol. The van der Waals surface area contributed by atoms with Gasteiger partial charge in [0.25, 0.3) is 0 Å². The molecule has 3 nitrogen and oxygen atoms in total. The maximum atomic E-state index is 4.44. The molecule has 0 unspecified atom stereocenters. The predicted octanol–water partition coefficient (Wildman–Crippen LogP) is 4.17. The van der Waals surface area contributed by atoms with Crippen molar-refractivity contribution in [3.05, 3.63) is 48.3 Å². The minimum atomic E-state index is 0.832. The Balaban J connectivity index is 1.49. The van der Waals surface area contributed by atoms with Crippen LogP contribution in [0.25, 0.3) is 0 Å². The summed E-state index contributed by atoms with van der Waals surface area (Å²) in [4.78, 5) is 0. The lowest BCUT2D eigenvalue weighted by molar-refractivity contribution is 0.300. The van der Waals surface area contributed by atoms with Gasteiger partial charge in [-0.1, -0.05) is 50.1 Å². The van der Waals surface area contributed by atoms with Crippen molar-refractivity contribution in [3.63, 3.8) is 0 Å². The zero-order valence-electron chi connectivity index (χ0n) is 12.8. The summed E-state index contributed by atoms with van der Waals surface area (Å²) in [6.07, 6.45) is 9.56. The highest BCUT2D eigenvalue weighted by atomic mass is 15.3. The third kappa shape index (κ3) is 4.10. The second-order valence-corrected chi connectivity index (χ2v) is 6.42. The van der Waals surface area contributed by atoms with E-state index in [9.17, 15) is 0 Å². The first-order valence-corrected chi connectivity index (χ1v) is 8.10. The summed E-state index contributed by atoms with van der Waals surface area (Å²) in [5, 5.41) is 7.99. The fourth-order valence-electron chi connectivity index (χ4n) is 3.11. The summed E-state index contributed by atoms with van der Waals surface area (Å²) in [5.74, 6) is 1.76. The molecule has 112 valence electrons. The Hall–Kier alpha value is -1.77. The van der Waals surface area contributed by atoms with Gasteiger partial charge >= 0.3 is 0 Å². The molecule has 1 aliphatic carbocycles. The average Bonchev–Trinajstić information content (AvgIpc) is 2.95. The van der Waals surface area contributed by atoms with Gasteiger partial charge < -0.3 is 5.32 Å². The van der Waals surface area contributed by atoms with Gasteiger partial charge in [-0.25, -0.2) is 0 Å². The zero-order chi connectivity index (χ0) is 14.5. The van der Waals surface area contributed by atoms with Gasteiger partial charge in [0.1, 0.15) is 0 Å². The Kier molecular flexibility index (Phi) is 4.59. The van der Waals surface area contributed by atoms with Crippen molar-refractivity contribution in [1.29, 1.82) is 0 Å². The smallest absolute Gasteiger partial charge is 0.0726 e. The van der Waals surface area contributed by atoms with E-state index >= 15 is 0 Å². The van der Waals surface area contributed by atoms with Crippen molar-refractivity contribution in [3.8, 4) is 0 Å². The van der Waals surface area contributed by atoms with Gasteiger partial charge in [-0.3, -0.25) is 4.68 Å².